The minimum Gasteiger partial charge on any atom is -0.503 e. The van der Waals surface area contributed by atoms with Crippen molar-refractivity contribution in [1.82, 2.24) is 4.98 Å². The molecular formula is C23H18ClFN2O5S. The fourth-order valence-electron chi connectivity index (χ4n) is 3.67. The van der Waals surface area contributed by atoms with Gasteiger partial charge in [0.15, 0.2) is 16.7 Å². The first-order chi connectivity index (χ1) is 15.8. The summed E-state index contributed by atoms with van der Waals surface area (Å²) in [4.78, 5) is 43.4. The summed E-state index contributed by atoms with van der Waals surface area (Å²) in [6.45, 7) is 1.80. The number of thiazole rings is 1. The maximum atomic E-state index is 14.8. The number of carbonyl (C=O) groups excluding carboxylic acids is 3. The zero-order valence-electron chi connectivity index (χ0n) is 17.4. The first-order valence-corrected chi connectivity index (χ1v) is 11.3. The Balaban J connectivity index is 1.79. The van der Waals surface area contributed by atoms with Gasteiger partial charge in [-0.05, 0) is 25.1 Å². The molecule has 0 bridgehead atoms. The first-order valence-electron chi connectivity index (χ1n) is 10.1. The predicted molar refractivity (Wildman–Crippen MR) is 122 cm³/mol. The van der Waals surface area contributed by atoms with Crippen LogP contribution in [0, 0.1) is 5.82 Å². The molecule has 1 atom stereocenters. The molecule has 2 heterocycles. The summed E-state index contributed by atoms with van der Waals surface area (Å²) in [6.07, 6.45) is -0.547. The highest BCUT2D eigenvalue weighted by Crippen LogP contribution is 2.45. The summed E-state index contributed by atoms with van der Waals surface area (Å²) in [5.41, 5.74) is 0.167. The molecule has 0 radical (unpaired) electrons. The highest BCUT2D eigenvalue weighted by Gasteiger charge is 2.46. The van der Waals surface area contributed by atoms with Crippen molar-refractivity contribution in [3.8, 4) is 0 Å². The number of nitrogens with zero attached hydrogens (tertiary/aromatic N) is 2. The maximum absolute atomic E-state index is 14.8. The predicted octanol–water partition coefficient (Wildman–Crippen LogP) is 4.90. The Hall–Kier alpha value is -3.30. The lowest BCUT2D eigenvalue weighted by Crippen LogP contribution is -2.31. The Kier molecular flexibility index (Phi) is 6.44. The molecule has 1 aliphatic heterocycles. The van der Waals surface area contributed by atoms with E-state index >= 15 is 0 Å². The van der Waals surface area contributed by atoms with Gasteiger partial charge in [-0.1, -0.05) is 47.2 Å². The van der Waals surface area contributed by atoms with Gasteiger partial charge in [0.05, 0.1) is 28.3 Å². The largest absolute Gasteiger partial charge is 0.503 e. The number of carbonyl (C=O) groups is 3. The molecule has 2 aromatic carbocycles. The summed E-state index contributed by atoms with van der Waals surface area (Å²) >= 11 is 7.34. The number of amides is 1. The number of halogens is 2. The highest BCUT2D eigenvalue weighted by molar-refractivity contribution is 7.22. The summed E-state index contributed by atoms with van der Waals surface area (Å²) in [6, 6.07) is 9.55. The second kappa shape index (κ2) is 9.29. The zero-order chi connectivity index (χ0) is 23.7. The number of esters is 1. The zero-order valence-corrected chi connectivity index (χ0v) is 19.0. The van der Waals surface area contributed by atoms with Crippen LogP contribution in [0.4, 0.5) is 9.52 Å². The molecule has 4 rings (SSSR count). The normalized spacial score (nSPS) is 16.0. The van der Waals surface area contributed by atoms with E-state index in [0.29, 0.717) is 15.2 Å². The van der Waals surface area contributed by atoms with Gasteiger partial charge in [0, 0.05) is 12.0 Å². The van der Waals surface area contributed by atoms with E-state index in [1.807, 2.05) is 0 Å². The highest BCUT2D eigenvalue weighted by atomic mass is 35.5. The van der Waals surface area contributed by atoms with Crippen molar-refractivity contribution in [3.63, 3.8) is 0 Å². The molecule has 7 nitrogen and oxygen atoms in total. The van der Waals surface area contributed by atoms with Crippen LogP contribution in [0.3, 0.4) is 0 Å². The second-order valence-electron chi connectivity index (χ2n) is 7.17. The fourth-order valence-corrected chi connectivity index (χ4v) is 4.96. The van der Waals surface area contributed by atoms with E-state index in [4.69, 9.17) is 16.3 Å². The summed E-state index contributed by atoms with van der Waals surface area (Å²) in [5, 5.41) is 11.2. The average molecular weight is 489 g/mol. The number of anilines is 1. The van der Waals surface area contributed by atoms with Crippen LogP contribution in [-0.2, 0) is 19.1 Å². The van der Waals surface area contributed by atoms with E-state index in [9.17, 15) is 23.9 Å². The number of fused-ring (bicyclic) bond motifs is 1. The van der Waals surface area contributed by atoms with Gasteiger partial charge < -0.3 is 9.84 Å². The SMILES string of the molecule is CCOC(=O)CCC(=O)C1=C(O)C(=O)N(c2nc3c(Cl)cccc3s2)C1c1ccccc1F. The molecule has 170 valence electrons. The lowest BCUT2D eigenvalue weighted by atomic mass is 9.94. The Morgan fingerprint density at radius 1 is 1.21 bits per heavy atom. The number of ketones is 1. The molecule has 1 aromatic heterocycles. The molecule has 33 heavy (non-hydrogen) atoms. The number of hydrogen-bond donors (Lipinski definition) is 1. The average Bonchev–Trinajstić information content (AvgIpc) is 3.33. The number of para-hydroxylation sites is 1. The molecule has 3 aromatic rings. The number of aliphatic hydroxyl groups is 1. The minimum absolute atomic E-state index is 0.0136. The van der Waals surface area contributed by atoms with E-state index in [-0.39, 0.29) is 35.7 Å². The number of Topliss-reactive ketones (excluding diaryl/α,β-unsaturated/α-hetero) is 1. The molecule has 0 saturated heterocycles. The number of benzene rings is 2. The quantitative estimate of drug-likeness (QED) is 0.475. The number of aliphatic hydroxyl groups excluding tert-OH is 1. The van der Waals surface area contributed by atoms with Gasteiger partial charge in [0.1, 0.15) is 17.4 Å². The summed E-state index contributed by atoms with van der Waals surface area (Å²) in [5.74, 6) is -3.61. The lowest BCUT2D eigenvalue weighted by Gasteiger charge is -2.24. The first kappa shape index (κ1) is 22.9. The Morgan fingerprint density at radius 2 is 1.97 bits per heavy atom. The van der Waals surface area contributed by atoms with Gasteiger partial charge in [0.2, 0.25) is 0 Å². The number of aromatic nitrogens is 1. The van der Waals surface area contributed by atoms with Crippen LogP contribution in [0.2, 0.25) is 5.02 Å². The van der Waals surface area contributed by atoms with Crippen LogP contribution in [0.5, 0.6) is 0 Å². The van der Waals surface area contributed by atoms with Gasteiger partial charge in [-0.25, -0.2) is 9.37 Å². The van der Waals surface area contributed by atoms with E-state index in [1.54, 1.807) is 31.2 Å². The molecule has 1 unspecified atom stereocenters. The van der Waals surface area contributed by atoms with Gasteiger partial charge in [0.25, 0.3) is 5.91 Å². The van der Waals surface area contributed by atoms with Crippen LogP contribution in [0.25, 0.3) is 10.2 Å². The van der Waals surface area contributed by atoms with Gasteiger partial charge in [-0.3, -0.25) is 19.3 Å². The number of ether oxygens (including phenoxy) is 1. The van der Waals surface area contributed by atoms with Crippen molar-refractivity contribution in [2.45, 2.75) is 25.8 Å². The van der Waals surface area contributed by atoms with Crippen molar-refractivity contribution in [3.05, 3.63) is 70.2 Å². The molecule has 10 heteroatoms. The Bertz CT molecular complexity index is 1300. The van der Waals surface area contributed by atoms with Crippen molar-refractivity contribution in [2.24, 2.45) is 0 Å². The molecule has 1 N–H and O–H groups in total. The number of hydrogen-bond acceptors (Lipinski definition) is 7. The van der Waals surface area contributed by atoms with Crippen LogP contribution < -0.4 is 4.90 Å². The minimum atomic E-state index is -1.26. The van der Waals surface area contributed by atoms with E-state index in [2.05, 4.69) is 4.98 Å². The molecule has 1 amide bonds. The summed E-state index contributed by atoms with van der Waals surface area (Å²) < 4.78 is 20.4. The van der Waals surface area contributed by atoms with E-state index < -0.39 is 35.3 Å². The summed E-state index contributed by atoms with van der Waals surface area (Å²) in [7, 11) is 0. The molecule has 0 spiro atoms. The van der Waals surface area contributed by atoms with Crippen LogP contribution in [0.1, 0.15) is 31.4 Å². The van der Waals surface area contributed by atoms with Gasteiger partial charge >= 0.3 is 5.97 Å². The smallest absolute Gasteiger partial charge is 0.306 e. The second-order valence-corrected chi connectivity index (χ2v) is 8.59. The van der Waals surface area contributed by atoms with Crippen molar-refractivity contribution in [1.29, 1.82) is 0 Å². The van der Waals surface area contributed by atoms with Crippen LogP contribution in [0.15, 0.2) is 53.8 Å². The van der Waals surface area contributed by atoms with Crippen LogP contribution >= 0.6 is 22.9 Å². The lowest BCUT2D eigenvalue weighted by molar-refractivity contribution is -0.144. The van der Waals surface area contributed by atoms with Crippen molar-refractivity contribution in [2.75, 3.05) is 11.5 Å². The van der Waals surface area contributed by atoms with Crippen LogP contribution in [-0.4, -0.2) is 34.4 Å². The topological polar surface area (TPSA) is 96.8 Å². The third kappa shape index (κ3) is 4.21. The third-order valence-electron chi connectivity index (χ3n) is 5.13. The monoisotopic (exact) mass is 488 g/mol. The molecule has 0 saturated carbocycles. The Labute approximate surface area is 197 Å². The standard InChI is InChI=1S/C23H18ClFN2O5S/c1-2-32-17(29)11-10-15(28)18-20(12-6-3-4-8-14(12)25)27(22(31)21(18)30)23-26-19-13(24)7-5-9-16(19)33-23/h3-9,20,30H,2,10-11H2,1H3. The van der Waals surface area contributed by atoms with E-state index in [0.717, 1.165) is 16.2 Å². The van der Waals surface area contributed by atoms with Gasteiger partial charge in [-0.15, -0.1) is 0 Å². The maximum Gasteiger partial charge on any atom is 0.306 e. The third-order valence-corrected chi connectivity index (χ3v) is 6.46. The Morgan fingerprint density at radius 3 is 2.67 bits per heavy atom. The fraction of sp³-hybridized carbons (Fsp3) is 0.217. The van der Waals surface area contributed by atoms with Crippen molar-refractivity contribution < 1.29 is 28.6 Å². The van der Waals surface area contributed by atoms with Gasteiger partial charge in [-0.2, -0.15) is 0 Å². The van der Waals surface area contributed by atoms with E-state index in [1.165, 1.54) is 18.2 Å². The van der Waals surface area contributed by atoms with Crippen molar-refractivity contribution >= 4 is 55.9 Å². The molecular weight excluding hydrogens is 471 g/mol. The molecule has 0 aliphatic carbocycles. The number of rotatable bonds is 7. The molecule has 0 fully saturated rings. The molecule has 1 aliphatic rings.